The van der Waals surface area contributed by atoms with E-state index in [1.54, 1.807) is 0 Å². The topological polar surface area (TPSA) is 84.1 Å². The zero-order valence-corrected chi connectivity index (χ0v) is 16.6. The van der Waals surface area contributed by atoms with E-state index in [-0.39, 0.29) is 11.9 Å². The van der Waals surface area contributed by atoms with Crippen LogP contribution in [0.2, 0.25) is 0 Å². The van der Waals surface area contributed by atoms with E-state index < -0.39 is 0 Å². The summed E-state index contributed by atoms with van der Waals surface area (Å²) in [5.74, 6) is 0.666. The zero-order chi connectivity index (χ0) is 19.5. The van der Waals surface area contributed by atoms with Gasteiger partial charge in [-0.2, -0.15) is 0 Å². The molecule has 0 bridgehead atoms. The van der Waals surface area contributed by atoms with Crippen molar-refractivity contribution in [1.82, 2.24) is 20.2 Å². The number of anilines is 1. The van der Waals surface area contributed by atoms with Crippen LogP contribution in [0.3, 0.4) is 0 Å². The fourth-order valence-corrected chi connectivity index (χ4v) is 4.55. The van der Waals surface area contributed by atoms with Gasteiger partial charge in [0.25, 0.3) is 5.91 Å². The first-order valence-electron chi connectivity index (χ1n) is 10.3. The van der Waals surface area contributed by atoms with Crippen molar-refractivity contribution in [1.29, 1.82) is 0 Å². The molecule has 1 aliphatic heterocycles. The number of nitrogen functional groups attached to an aromatic ring is 1. The summed E-state index contributed by atoms with van der Waals surface area (Å²) in [6.07, 6.45) is 5.10. The number of nitrogens with two attached hydrogens (primary N) is 1. The van der Waals surface area contributed by atoms with E-state index in [4.69, 9.17) is 5.73 Å². The van der Waals surface area contributed by atoms with Crippen LogP contribution in [-0.2, 0) is 12.8 Å². The van der Waals surface area contributed by atoms with Gasteiger partial charge in [-0.3, -0.25) is 4.79 Å². The number of hydrogen-bond donors (Lipinski definition) is 2. The number of aromatic nitrogens is 2. The van der Waals surface area contributed by atoms with E-state index in [2.05, 4.69) is 51.4 Å². The van der Waals surface area contributed by atoms with Crippen LogP contribution < -0.4 is 11.1 Å². The molecule has 0 saturated carbocycles. The molecule has 1 aliphatic carbocycles. The summed E-state index contributed by atoms with van der Waals surface area (Å²) in [6, 6.07) is 8.65. The van der Waals surface area contributed by atoms with Gasteiger partial charge in [-0.05, 0) is 62.6 Å². The molecule has 2 aromatic rings. The average Bonchev–Trinajstić information content (AvgIpc) is 3.16. The Morgan fingerprint density at radius 3 is 2.93 bits per heavy atom. The molecule has 28 heavy (non-hydrogen) atoms. The Hall–Kier alpha value is -2.47. The van der Waals surface area contributed by atoms with E-state index in [1.807, 2.05) is 0 Å². The first kappa shape index (κ1) is 18.9. The molecule has 148 valence electrons. The number of nitrogens with one attached hydrogen (secondary N) is 1. The monoisotopic (exact) mass is 379 g/mol. The second-order valence-electron chi connectivity index (χ2n) is 7.96. The van der Waals surface area contributed by atoms with Gasteiger partial charge in [0.05, 0.1) is 0 Å². The van der Waals surface area contributed by atoms with E-state index in [9.17, 15) is 4.79 Å². The summed E-state index contributed by atoms with van der Waals surface area (Å²) in [7, 11) is 0. The minimum Gasteiger partial charge on any atom is -0.368 e. The van der Waals surface area contributed by atoms with E-state index in [0.29, 0.717) is 18.2 Å². The standard InChI is InChI=1S/C22H29N5O/c1-15-6-2-3-7-17(15)16-10-12-27(14-16)13-11-24-21(28)20-18-8-4-5-9-19(18)25-22(23)26-20/h2-3,6-7,16H,4-5,8-14H2,1H3,(H,24,28)(H2,23,25,26)/t16-/m0/s1. The van der Waals surface area contributed by atoms with Gasteiger partial charge in [-0.25, -0.2) is 9.97 Å². The van der Waals surface area contributed by atoms with Gasteiger partial charge in [0.15, 0.2) is 0 Å². The van der Waals surface area contributed by atoms with Crippen molar-refractivity contribution in [3.8, 4) is 0 Å². The number of likely N-dealkylation sites (tertiary alicyclic amines) is 1. The van der Waals surface area contributed by atoms with Gasteiger partial charge in [0.2, 0.25) is 5.95 Å². The van der Waals surface area contributed by atoms with Crippen LogP contribution in [0.1, 0.15) is 58.1 Å². The van der Waals surface area contributed by atoms with Crippen molar-refractivity contribution in [3.63, 3.8) is 0 Å². The van der Waals surface area contributed by atoms with E-state index in [1.165, 1.54) is 17.5 Å². The van der Waals surface area contributed by atoms with Gasteiger partial charge in [0, 0.05) is 30.9 Å². The van der Waals surface area contributed by atoms with Gasteiger partial charge in [0.1, 0.15) is 5.69 Å². The highest BCUT2D eigenvalue weighted by Gasteiger charge is 2.25. The Balaban J connectivity index is 1.32. The molecule has 1 saturated heterocycles. The zero-order valence-electron chi connectivity index (χ0n) is 16.6. The molecule has 1 atom stereocenters. The van der Waals surface area contributed by atoms with Gasteiger partial charge in [-0.1, -0.05) is 24.3 Å². The Bertz CT molecular complexity index is 866. The molecule has 1 aromatic heterocycles. The normalized spacial score (nSPS) is 19.4. The highest BCUT2D eigenvalue weighted by molar-refractivity contribution is 5.94. The third-order valence-corrected chi connectivity index (χ3v) is 6.03. The lowest BCUT2D eigenvalue weighted by Crippen LogP contribution is -2.35. The smallest absolute Gasteiger partial charge is 0.270 e. The molecule has 0 radical (unpaired) electrons. The molecule has 6 heteroatoms. The molecule has 1 aromatic carbocycles. The highest BCUT2D eigenvalue weighted by atomic mass is 16.1. The lowest BCUT2D eigenvalue weighted by molar-refractivity contribution is 0.0943. The van der Waals surface area contributed by atoms with E-state index >= 15 is 0 Å². The number of carbonyl (C=O) groups is 1. The third kappa shape index (κ3) is 4.02. The summed E-state index contributed by atoms with van der Waals surface area (Å²) >= 11 is 0. The van der Waals surface area contributed by atoms with Crippen LogP contribution in [0.4, 0.5) is 5.95 Å². The maximum Gasteiger partial charge on any atom is 0.270 e. The lowest BCUT2D eigenvalue weighted by Gasteiger charge is -2.19. The summed E-state index contributed by atoms with van der Waals surface area (Å²) in [4.78, 5) is 23.7. The number of amides is 1. The maximum atomic E-state index is 12.7. The van der Waals surface area contributed by atoms with Crippen LogP contribution in [0.15, 0.2) is 24.3 Å². The molecular formula is C22H29N5O. The first-order valence-corrected chi connectivity index (χ1v) is 10.3. The lowest BCUT2D eigenvalue weighted by atomic mass is 9.94. The van der Waals surface area contributed by atoms with Crippen molar-refractivity contribution >= 4 is 11.9 Å². The summed E-state index contributed by atoms with van der Waals surface area (Å²) in [5.41, 5.74) is 11.1. The molecule has 3 N–H and O–H groups in total. The Kier molecular flexibility index (Phi) is 5.57. The number of hydrogen-bond acceptors (Lipinski definition) is 5. The molecule has 0 unspecified atom stereocenters. The molecule has 2 heterocycles. The van der Waals surface area contributed by atoms with Crippen LogP contribution in [0.5, 0.6) is 0 Å². The number of benzene rings is 1. The van der Waals surface area contributed by atoms with Gasteiger partial charge < -0.3 is 16.0 Å². The Morgan fingerprint density at radius 2 is 2.07 bits per heavy atom. The molecular weight excluding hydrogens is 350 g/mol. The van der Waals surface area contributed by atoms with E-state index in [0.717, 1.165) is 56.6 Å². The number of nitrogens with zero attached hydrogens (tertiary/aromatic N) is 3. The minimum atomic E-state index is -0.123. The van der Waals surface area contributed by atoms with Crippen LogP contribution in [-0.4, -0.2) is 47.0 Å². The van der Waals surface area contributed by atoms with Gasteiger partial charge >= 0.3 is 0 Å². The largest absolute Gasteiger partial charge is 0.368 e. The maximum absolute atomic E-state index is 12.7. The van der Waals surface area contributed by atoms with Crippen LogP contribution in [0.25, 0.3) is 0 Å². The molecule has 4 rings (SSSR count). The number of rotatable bonds is 5. The molecule has 1 amide bonds. The summed E-state index contributed by atoms with van der Waals surface area (Å²) in [5, 5.41) is 3.04. The predicted octanol–water partition coefficient (Wildman–Crippen LogP) is 2.47. The number of fused-ring (bicyclic) bond motifs is 1. The SMILES string of the molecule is Cc1ccccc1[C@H]1CCN(CCNC(=O)c2nc(N)nc3c2CCCC3)C1. The molecule has 6 nitrogen and oxygen atoms in total. The summed E-state index contributed by atoms with van der Waals surface area (Å²) in [6.45, 7) is 5.79. The molecule has 1 fully saturated rings. The Morgan fingerprint density at radius 1 is 1.25 bits per heavy atom. The van der Waals surface area contributed by atoms with Crippen molar-refractivity contribution in [2.24, 2.45) is 0 Å². The quantitative estimate of drug-likeness (QED) is 0.834. The van der Waals surface area contributed by atoms with Crippen LogP contribution >= 0.6 is 0 Å². The average molecular weight is 380 g/mol. The van der Waals surface area contributed by atoms with Crippen LogP contribution in [0, 0.1) is 6.92 Å². The summed E-state index contributed by atoms with van der Waals surface area (Å²) < 4.78 is 0. The van der Waals surface area contributed by atoms with Gasteiger partial charge in [-0.15, -0.1) is 0 Å². The first-order chi connectivity index (χ1) is 13.6. The number of aryl methyl sites for hydroxylation is 2. The van der Waals surface area contributed by atoms with Crippen molar-refractivity contribution < 1.29 is 4.79 Å². The minimum absolute atomic E-state index is 0.123. The Labute approximate surface area is 166 Å². The second-order valence-corrected chi connectivity index (χ2v) is 7.96. The third-order valence-electron chi connectivity index (χ3n) is 6.03. The fourth-order valence-electron chi connectivity index (χ4n) is 4.55. The number of carbonyl (C=O) groups excluding carboxylic acids is 1. The molecule has 0 spiro atoms. The second kappa shape index (κ2) is 8.27. The van der Waals surface area contributed by atoms with Crippen molar-refractivity contribution in [3.05, 3.63) is 52.3 Å². The molecule has 2 aliphatic rings. The predicted molar refractivity (Wildman–Crippen MR) is 110 cm³/mol. The van der Waals surface area contributed by atoms with Crippen molar-refractivity contribution in [2.75, 3.05) is 31.9 Å². The highest BCUT2D eigenvalue weighted by Crippen LogP contribution is 2.29. The van der Waals surface area contributed by atoms with Crippen molar-refractivity contribution in [2.45, 2.75) is 44.9 Å². The fraction of sp³-hybridized carbons (Fsp3) is 0.500.